The number of carbonyl (C=O) groups is 2. The molecule has 2 aromatic heterocycles. The number of pyridine rings is 2. The van der Waals surface area contributed by atoms with Crippen LogP contribution in [0.5, 0.6) is 0 Å². The quantitative estimate of drug-likeness (QED) is 0.347. The van der Waals surface area contributed by atoms with Gasteiger partial charge in [-0.15, -0.1) is 11.8 Å². The van der Waals surface area contributed by atoms with Gasteiger partial charge in [0, 0.05) is 33.3 Å². The SMILES string of the molecule is O=C(CSc1ccc(Cl)cc1)NNC(=O)c1cc(-c2cccnc2)nc2ccccc12. The van der Waals surface area contributed by atoms with Gasteiger partial charge in [-0.2, -0.15) is 0 Å². The van der Waals surface area contributed by atoms with Crippen molar-refractivity contribution < 1.29 is 9.59 Å². The number of hydrogen-bond acceptors (Lipinski definition) is 5. The molecule has 2 amide bonds. The Hall–Kier alpha value is -3.42. The molecule has 154 valence electrons. The molecule has 0 fully saturated rings. The number of carbonyl (C=O) groups excluding carboxylic acids is 2. The van der Waals surface area contributed by atoms with Crippen molar-refractivity contribution in [2.75, 3.05) is 5.75 Å². The Bertz CT molecular complexity index is 1230. The van der Waals surface area contributed by atoms with Crippen LogP contribution in [-0.4, -0.2) is 27.5 Å². The zero-order valence-electron chi connectivity index (χ0n) is 16.2. The minimum absolute atomic E-state index is 0.153. The van der Waals surface area contributed by atoms with E-state index < -0.39 is 5.91 Å². The minimum atomic E-state index is -0.423. The number of benzene rings is 2. The van der Waals surface area contributed by atoms with Gasteiger partial charge in [0.2, 0.25) is 5.91 Å². The monoisotopic (exact) mass is 448 g/mol. The van der Waals surface area contributed by atoms with Crippen LogP contribution in [0.2, 0.25) is 5.02 Å². The van der Waals surface area contributed by atoms with Crippen molar-refractivity contribution in [3.63, 3.8) is 0 Å². The maximum Gasteiger partial charge on any atom is 0.270 e. The second-order valence-corrected chi connectivity index (χ2v) is 8.04. The Morgan fingerprint density at radius 1 is 0.968 bits per heavy atom. The summed E-state index contributed by atoms with van der Waals surface area (Å²) in [6.07, 6.45) is 3.37. The Balaban J connectivity index is 1.48. The van der Waals surface area contributed by atoms with Gasteiger partial charge in [0.05, 0.1) is 22.5 Å². The molecule has 0 radical (unpaired) electrons. The summed E-state index contributed by atoms with van der Waals surface area (Å²) in [6, 6.07) is 19.9. The summed E-state index contributed by atoms with van der Waals surface area (Å²) in [5, 5.41) is 1.33. The minimum Gasteiger partial charge on any atom is -0.272 e. The number of fused-ring (bicyclic) bond motifs is 1. The molecular formula is C23H17ClN4O2S. The molecule has 6 nitrogen and oxygen atoms in total. The van der Waals surface area contributed by atoms with Crippen molar-refractivity contribution in [1.82, 2.24) is 20.8 Å². The maximum absolute atomic E-state index is 12.9. The fourth-order valence-corrected chi connectivity index (χ4v) is 3.76. The van der Waals surface area contributed by atoms with E-state index in [0.717, 1.165) is 10.5 Å². The Kier molecular flexibility index (Phi) is 6.45. The smallest absolute Gasteiger partial charge is 0.270 e. The highest BCUT2D eigenvalue weighted by Gasteiger charge is 2.15. The van der Waals surface area contributed by atoms with Crippen molar-refractivity contribution in [3.05, 3.63) is 89.7 Å². The van der Waals surface area contributed by atoms with Crippen LogP contribution in [0.3, 0.4) is 0 Å². The number of nitrogens with zero attached hydrogens (tertiary/aromatic N) is 2. The zero-order chi connectivity index (χ0) is 21.6. The molecule has 0 aliphatic carbocycles. The van der Waals surface area contributed by atoms with Gasteiger partial charge < -0.3 is 0 Å². The van der Waals surface area contributed by atoms with E-state index in [0.29, 0.717) is 27.2 Å². The molecule has 0 unspecified atom stereocenters. The second kappa shape index (κ2) is 9.59. The second-order valence-electron chi connectivity index (χ2n) is 6.56. The molecule has 0 bridgehead atoms. The number of thioether (sulfide) groups is 1. The van der Waals surface area contributed by atoms with Crippen LogP contribution in [0.15, 0.2) is 84.0 Å². The number of nitrogens with one attached hydrogen (secondary N) is 2. The number of rotatable bonds is 5. The summed E-state index contributed by atoms with van der Waals surface area (Å²) in [7, 11) is 0. The summed E-state index contributed by atoms with van der Waals surface area (Å²) in [5.74, 6) is -0.590. The van der Waals surface area contributed by atoms with E-state index in [1.54, 1.807) is 30.6 Å². The predicted octanol–water partition coefficient (Wildman–Crippen LogP) is 4.50. The van der Waals surface area contributed by atoms with Gasteiger partial charge in [0.1, 0.15) is 0 Å². The molecule has 0 spiro atoms. The molecule has 2 N–H and O–H groups in total. The molecule has 0 aliphatic heterocycles. The Labute approximate surface area is 188 Å². The normalized spacial score (nSPS) is 10.6. The number of hydrogen-bond donors (Lipinski definition) is 2. The van der Waals surface area contributed by atoms with Crippen molar-refractivity contribution in [1.29, 1.82) is 0 Å². The van der Waals surface area contributed by atoms with Crippen LogP contribution in [0.1, 0.15) is 10.4 Å². The lowest BCUT2D eigenvalue weighted by atomic mass is 10.0. The first-order valence-electron chi connectivity index (χ1n) is 9.38. The van der Waals surface area contributed by atoms with Gasteiger partial charge in [-0.3, -0.25) is 25.4 Å². The van der Waals surface area contributed by atoms with Crippen molar-refractivity contribution in [3.8, 4) is 11.3 Å². The zero-order valence-corrected chi connectivity index (χ0v) is 17.8. The van der Waals surface area contributed by atoms with Crippen LogP contribution in [0.4, 0.5) is 0 Å². The van der Waals surface area contributed by atoms with Crippen LogP contribution in [-0.2, 0) is 4.79 Å². The summed E-state index contributed by atoms with van der Waals surface area (Å²) in [6.45, 7) is 0. The van der Waals surface area contributed by atoms with E-state index in [2.05, 4.69) is 20.8 Å². The number of hydrazine groups is 1. The first-order valence-corrected chi connectivity index (χ1v) is 10.7. The Morgan fingerprint density at radius 3 is 2.55 bits per heavy atom. The number of amides is 2. The summed E-state index contributed by atoms with van der Waals surface area (Å²) in [5.41, 5.74) is 7.48. The topological polar surface area (TPSA) is 84.0 Å². The van der Waals surface area contributed by atoms with E-state index in [9.17, 15) is 9.59 Å². The standard InChI is InChI=1S/C23H17ClN4O2S/c24-16-7-9-17(10-8-16)31-14-22(29)27-28-23(30)19-12-21(15-4-3-11-25-13-15)26-20-6-2-1-5-18(19)20/h1-13H,14H2,(H,27,29)(H,28,30). The average molecular weight is 449 g/mol. The summed E-state index contributed by atoms with van der Waals surface area (Å²) in [4.78, 5) is 34.7. The molecule has 4 aromatic rings. The molecule has 2 aromatic carbocycles. The molecule has 0 saturated heterocycles. The van der Waals surface area contributed by atoms with Crippen molar-refractivity contribution in [2.24, 2.45) is 0 Å². The molecule has 0 saturated carbocycles. The molecule has 4 rings (SSSR count). The van der Waals surface area contributed by atoms with Gasteiger partial charge in [-0.05, 0) is 48.5 Å². The highest BCUT2D eigenvalue weighted by atomic mass is 35.5. The fourth-order valence-electron chi connectivity index (χ4n) is 2.94. The largest absolute Gasteiger partial charge is 0.272 e. The number of aromatic nitrogens is 2. The molecular weight excluding hydrogens is 432 g/mol. The molecule has 0 atom stereocenters. The van der Waals surface area contributed by atoms with E-state index in [4.69, 9.17) is 11.6 Å². The average Bonchev–Trinajstić information content (AvgIpc) is 2.82. The van der Waals surface area contributed by atoms with Crippen LogP contribution in [0.25, 0.3) is 22.2 Å². The van der Waals surface area contributed by atoms with Gasteiger partial charge >= 0.3 is 0 Å². The molecule has 2 heterocycles. The van der Waals surface area contributed by atoms with Crippen LogP contribution < -0.4 is 10.9 Å². The predicted molar refractivity (Wildman–Crippen MR) is 123 cm³/mol. The van der Waals surface area contributed by atoms with Gasteiger partial charge in [0.25, 0.3) is 5.91 Å². The van der Waals surface area contributed by atoms with Crippen LogP contribution in [0, 0.1) is 0 Å². The van der Waals surface area contributed by atoms with Gasteiger partial charge in [0.15, 0.2) is 0 Å². The van der Waals surface area contributed by atoms with E-state index in [-0.39, 0.29) is 11.7 Å². The third-order valence-corrected chi connectivity index (χ3v) is 5.68. The third-order valence-electron chi connectivity index (χ3n) is 4.42. The fraction of sp³-hybridized carbons (Fsp3) is 0.0435. The van der Waals surface area contributed by atoms with Gasteiger partial charge in [-0.25, -0.2) is 4.98 Å². The highest BCUT2D eigenvalue weighted by Crippen LogP contribution is 2.24. The number of halogens is 1. The maximum atomic E-state index is 12.9. The summed E-state index contributed by atoms with van der Waals surface area (Å²) >= 11 is 7.21. The highest BCUT2D eigenvalue weighted by molar-refractivity contribution is 8.00. The molecule has 8 heteroatoms. The number of para-hydroxylation sites is 1. The molecule has 0 aliphatic rings. The Morgan fingerprint density at radius 2 is 1.77 bits per heavy atom. The van der Waals surface area contributed by atoms with E-state index in [1.807, 2.05) is 48.5 Å². The molecule has 31 heavy (non-hydrogen) atoms. The van der Waals surface area contributed by atoms with Gasteiger partial charge in [-0.1, -0.05) is 29.8 Å². The lowest BCUT2D eigenvalue weighted by molar-refractivity contribution is -0.119. The first kappa shape index (κ1) is 20.8. The van der Waals surface area contributed by atoms with Crippen molar-refractivity contribution >= 4 is 46.1 Å². The lowest BCUT2D eigenvalue weighted by Crippen LogP contribution is -2.42. The summed E-state index contributed by atoms with van der Waals surface area (Å²) < 4.78 is 0. The lowest BCUT2D eigenvalue weighted by Gasteiger charge is -2.11. The van der Waals surface area contributed by atoms with Crippen molar-refractivity contribution in [2.45, 2.75) is 4.90 Å². The first-order chi connectivity index (χ1) is 15.1. The van der Waals surface area contributed by atoms with Crippen LogP contribution >= 0.6 is 23.4 Å². The third kappa shape index (κ3) is 5.20. The van der Waals surface area contributed by atoms with E-state index in [1.165, 1.54) is 11.8 Å². The van der Waals surface area contributed by atoms with E-state index >= 15 is 0 Å².